The molecule has 1 saturated carbocycles. The standard InChI is InChI=1S/C15H13N3OS/c19-15(13-2-1-7-20-13)16-10-5-6-11-12(8-10)18-14(17-11)9-3-4-9/h1-2,5-9H,3-4H2,(H,16,19)(H,17,18). The van der Waals surface area contributed by atoms with E-state index in [1.54, 1.807) is 0 Å². The van der Waals surface area contributed by atoms with Crippen molar-refractivity contribution >= 4 is 34.0 Å². The summed E-state index contributed by atoms with van der Waals surface area (Å²) in [6.07, 6.45) is 2.45. The largest absolute Gasteiger partial charge is 0.342 e. The van der Waals surface area contributed by atoms with E-state index < -0.39 is 0 Å². The van der Waals surface area contributed by atoms with Crippen LogP contribution in [0.1, 0.15) is 34.3 Å². The average molecular weight is 283 g/mol. The number of carbonyl (C=O) groups excluding carboxylic acids is 1. The second-order valence-corrected chi connectivity index (χ2v) is 6.01. The number of fused-ring (bicyclic) bond motifs is 1. The van der Waals surface area contributed by atoms with Gasteiger partial charge in [0.2, 0.25) is 0 Å². The number of amides is 1. The molecule has 1 aromatic carbocycles. The first-order chi connectivity index (χ1) is 9.79. The number of thiophene rings is 1. The zero-order valence-corrected chi connectivity index (χ0v) is 11.5. The lowest BCUT2D eigenvalue weighted by Crippen LogP contribution is -2.09. The molecule has 2 N–H and O–H groups in total. The van der Waals surface area contributed by atoms with Gasteiger partial charge in [0.1, 0.15) is 5.82 Å². The average Bonchev–Trinajstić information content (AvgIpc) is 3.00. The van der Waals surface area contributed by atoms with Gasteiger partial charge < -0.3 is 10.3 Å². The number of imidazole rings is 1. The van der Waals surface area contributed by atoms with Gasteiger partial charge in [-0.15, -0.1) is 11.3 Å². The van der Waals surface area contributed by atoms with Crippen LogP contribution >= 0.6 is 11.3 Å². The maximum atomic E-state index is 12.0. The molecule has 20 heavy (non-hydrogen) atoms. The molecule has 0 spiro atoms. The molecule has 0 radical (unpaired) electrons. The van der Waals surface area contributed by atoms with E-state index in [1.165, 1.54) is 24.2 Å². The highest BCUT2D eigenvalue weighted by molar-refractivity contribution is 7.12. The summed E-state index contributed by atoms with van der Waals surface area (Å²) < 4.78 is 0. The summed E-state index contributed by atoms with van der Waals surface area (Å²) in [5.74, 6) is 1.61. The lowest BCUT2D eigenvalue weighted by molar-refractivity contribution is 0.103. The Morgan fingerprint density at radius 3 is 3.00 bits per heavy atom. The third kappa shape index (κ3) is 2.10. The van der Waals surface area contributed by atoms with Gasteiger partial charge in [-0.25, -0.2) is 4.98 Å². The van der Waals surface area contributed by atoms with E-state index in [-0.39, 0.29) is 5.91 Å². The first kappa shape index (κ1) is 11.7. The molecule has 0 saturated heterocycles. The molecule has 0 aliphatic heterocycles. The molecule has 100 valence electrons. The quantitative estimate of drug-likeness (QED) is 0.769. The highest BCUT2D eigenvalue weighted by Crippen LogP contribution is 2.39. The van der Waals surface area contributed by atoms with E-state index in [2.05, 4.69) is 15.3 Å². The molecule has 0 unspecified atom stereocenters. The van der Waals surface area contributed by atoms with Crippen molar-refractivity contribution < 1.29 is 4.79 Å². The zero-order valence-electron chi connectivity index (χ0n) is 10.7. The van der Waals surface area contributed by atoms with Crippen LogP contribution in [0.2, 0.25) is 0 Å². The molecular weight excluding hydrogens is 270 g/mol. The molecule has 5 heteroatoms. The Bertz CT molecular complexity index is 772. The summed E-state index contributed by atoms with van der Waals surface area (Å²) in [6, 6.07) is 9.48. The highest BCUT2D eigenvalue weighted by atomic mass is 32.1. The third-order valence-corrected chi connectivity index (χ3v) is 4.34. The number of anilines is 1. The minimum Gasteiger partial charge on any atom is -0.342 e. The topological polar surface area (TPSA) is 57.8 Å². The molecule has 1 fully saturated rings. The Kier molecular flexibility index (Phi) is 2.60. The van der Waals surface area contributed by atoms with E-state index in [0.29, 0.717) is 10.8 Å². The summed E-state index contributed by atoms with van der Waals surface area (Å²) in [6.45, 7) is 0. The van der Waals surface area contributed by atoms with Crippen molar-refractivity contribution in [2.24, 2.45) is 0 Å². The predicted molar refractivity (Wildman–Crippen MR) is 80.3 cm³/mol. The number of benzene rings is 1. The van der Waals surface area contributed by atoms with Gasteiger partial charge in [0.15, 0.2) is 0 Å². The van der Waals surface area contributed by atoms with Crippen molar-refractivity contribution in [2.75, 3.05) is 5.32 Å². The molecule has 3 aromatic rings. The van der Waals surface area contributed by atoms with Gasteiger partial charge in [-0.2, -0.15) is 0 Å². The van der Waals surface area contributed by atoms with Crippen LogP contribution in [0.5, 0.6) is 0 Å². The molecule has 4 nitrogen and oxygen atoms in total. The molecule has 1 amide bonds. The number of H-pyrrole nitrogens is 1. The second kappa shape index (κ2) is 4.45. The Balaban J connectivity index is 1.61. The normalized spacial score (nSPS) is 14.6. The van der Waals surface area contributed by atoms with E-state index in [1.807, 2.05) is 35.7 Å². The first-order valence-electron chi connectivity index (χ1n) is 6.64. The Morgan fingerprint density at radius 1 is 1.35 bits per heavy atom. The number of aromatic amines is 1. The van der Waals surface area contributed by atoms with Crippen LogP contribution in [-0.4, -0.2) is 15.9 Å². The number of hydrogen-bond donors (Lipinski definition) is 2. The third-order valence-electron chi connectivity index (χ3n) is 3.47. The van der Waals surface area contributed by atoms with Crippen molar-refractivity contribution in [2.45, 2.75) is 18.8 Å². The van der Waals surface area contributed by atoms with Crippen molar-refractivity contribution in [3.05, 3.63) is 46.4 Å². The molecular formula is C15H13N3OS. The van der Waals surface area contributed by atoms with Crippen molar-refractivity contribution in [1.29, 1.82) is 0 Å². The number of aromatic nitrogens is 2. The van der Waals surface area contributed by atoms with E-state index >= 15 is 0 Å². The van der Waals surface area contributed by atoms with E-state index in [0.717, 1.165) is 22.5 Å². The molecule has 1 aliphatic carbocycles. The summed E-state index contributed by atoms with van der Waals surface area (Å²) in [4.78, 5) is 20.6. The van der Waals surface area contributed by atoms with Gasteiger partial charge in [0.25, 0.3) is 5.91 Å². The number of nitrogens with zero attached hydrogens (tertiary/aromatic N) is 1. The molecule has 4 rings (SSSR count). The van der Waals surface area contributed by atoms with Crippen LogP contribution in [0, 0.1) is 0 Å². The zero-order chi connectivity index (χ0) is 13.5. The van der Waals surface area contributed by atoms with Crippen LogP contribution in [-0.2, 0) is 0 Å². The Morgan fingerprint density at radius 2 is 2.25 bits per heavy atom. The highest BCUT2D eigenvalue weighted by Gasteiger charge is 2.26. The van der Waals surface area contributed by atoms with Crippen LogP contribution in [0.15, 0.2) is 35.7 Å². The van der Waals surface area contributed by atoms with Crippen molar-refractivity contribution in [3.8, 4) is 0 Å². The fraction of sp³-hybridized carbons (Fsp3) is 0.200. The first-order valence-corrected chi connectivity index (χ1v) is 7.52. The molecule has 2 heterocycles. The SMILES string of the molecule is O=C(Nc1ccc2nc(C3CC3)[nH]c2c1)c1cccs1. The minimum absolute atomic E-state index is 0.0683. The lowest BCUT2D eigenvalue weighted by atomic mass is 10.2. The summed E-state index contributed by atoms with van der Waals surface area (Å²) in [5, 5.41) is 4.81. The summed E-state index contributed by atoms with van der Waals surface area (Å²) in [5.41, 5.74) is 2.73. The van der Waals surface area contributed by atoms with E-state index in [4.69, 9.17) is 0 Å². The Labute approximate surface area is 119 Å². The number of rotatable bonds is 3. The molecule has 0 bridgehead atoms. The summed E-state index contributed by atoms with van der Waals surface area (Å²) >= 11 is 1.44. The second-order valence-electron chi connectivity index (χ2n) is 5.06. The van der Waals surface area contributed by atoms with Crippen LogP contribution in [0.3, 0.4) is 0 Å². The Hall–Kier alpha value is -2.14. The van der Waals surface area contributed by atoms with Crippen LogP contribution in [0.4, 0.5) is 5.69 Å². The van der Waals surface area contributed by atoms with Gasteiger partial charge in [-0.3, -0.25) is 4.79 Å². The van der Waals surface area contributed by atoms with Gasteiger partial charge in [-0.05, 0) is 42.5 Å². The maximum Gasteiger partial charge on any atom is 0.265 e. The van der Waals surface area contributed by atoms with Gasteiger partial charge >= 0.3 is 0 Å². The number of hydrogen-bond acceptors (Lipinski definition) is 3. The van der Waals surface area contributed by atoms with Gasteiger partial charge in [-0.1, -0.05) is 6.07 Å². The fourth-order valence-corrected chi connectivity index (χ4v) is 2.88. The monoisotopic (exact) mass is 283 g/mol. The molecule has 2 aromatic heterocycles. The lowest BCUT2D eigenvalue weighted by Gasteiger charge is -2.03. The van der Waals surface area contributed by atoms with Gasteiger partial charge in [0, 0.05) is 11.6 Å². The minimum atomic E-state index is -0.0683. The smallest absolute Gasteiger partial charge is 0.265 e. The van der Waals surface area contributed by atoms with E-state index in [9.17, 15) is 4.79 Å². The maximum absolute atomic E-state index is 12.0. The van der Waals surface area contributed by atoms with Gasteiger partial charge in [0.05, 0.1) is 15.9 Å². The number of carbonyl (C=O) groups is 1. The number of nitrogens with one attached hydrogen (secondary N) is 2. The fourth-order valence-electron chi connectivity index (χ4n) is 2.26. The summed E-state index contributed by atoms with van der Waals surface area (Å²) in [7, 11) is 0. The van der Waals surface area contributed by atoms with Crippen LogP contribution < -0.4 is 5.32 Å². The predicted octanol–water partition coefficient (Wildman–Crippen LogP) is 3.75. The molecule has 0 atom stereocenters. The van der Waals surface area contributed by atoms with Crippen molar-refractivity contribution in [3.63, 3.8) is 0 Å². The van der Waals surface area contributed by atoms with Crippen molar-refractivity contribution in [1.82, 2.24) is 9.97 Å². The van der Waals surface area contributed by atoms with Crippen LogP contribution in [0.25, 0.3) is 11.0 Å². The molecule has 1 aliphatic rings.